The average Bonchev–Trinajstić information content (AvgIpc) is 3.24. The highest BCUT2D eigenvalue weighted by molar-refractivity contribution is 5.89. The molecule has 0 aliphatic heterocycles. The summed E-state index contributed by atoms with van der Waals surface area (Å²) in [5.41, 5.74) is 2.95. The van der Waals surface area contributed by atoms with E-state index in [4.69, 9.17) is 9.84 Å². The zero-order chi connectivity index (χ0) is 20.2. The molecule has 0 aromatic heterocycles. The lowest BCUT2D eigenvalue weighted by Gasteiger charge is -2.16. The molecule has 4 rings (SSSR count). The van der Waals surface area contributed by atoms with Crippen molar-refractivity contribution in [3.63, 3.8) is 0 Å². The van der Waals surface area contributed by atoms with E-state index in [9.17, 15) is 9.90 Å². The molecule has 0 atom stereocenters. The number of carbonyl (C=O) groups is 1. The number of ether oxygens (including phenoxy) is 1. The summed E-state index contributed by atoms with van der Waals surface area (Å²) in [6.07, 6.45) is 5.60. The molecule has 150 valence electrons. The van der Waals surface area contributed by atoms with Gasteiger partial charge in [-0.2, -0.15) is 0 Å². The number of phenolic OH excluding ortho intramolecular Hbond substituents is 1. The summed E-state index contributed by atoms with van der Waals surface area (Å²) >= 11 is 0. The van der Waals surface area contributed by atoms with Crippen LogP contribution >= 0.6 is 0 Å². The molecule has 4 nitrogen and oxygen atoms in total. The Balaban J connectivity index is 1.68. The van der Waals surface area contributed by atoms with Crippen molar-refractivity contribution in [3.8, 4) is 22.6 Å². The minimum atomic E-state index is -0.797. The number of hydrogen-bond acceptors (Lipinski definition) is 3. The number of carboxylic acid groups (broad SMARTS) is 1. The van der Waals surface area contributed by atoms with E-state index in [0.717, 1.165) is 39.8 Å². The van der Waals surface area contributed by atoms with E-state index in [1.807, 2.05) is 36.4 Å². The van der Waals surface area contributed by atoms with Gasteiger partial charge in [0.05, 0.1) is 6.61 Å². The number of aliphatic carboxylic acids is 1. The minimum Gasteiger partial charge on any atom is -0.508 e. The van der Waals surface area contributed by atoms with Crippen molar-refractivity contribution in [2.24, 2.45) is 5.92 Å². The molecule has 1 saturated carbocycles. The van der Waals surface area contributed by atoms with Crippen molar-refractivity contribution in [3.05, 3.63) is 60.2 Å². The zero-order valence-electron chi connectivity index (χ0n) is 16.4. The third-order valence-corrected chi connectivity index (χ3v) is 5.76. The number of carboxylic acids is 1. The number of hydrogen-bond donors (Lipinski definition) is 2. The Morgan fingerprint density at radius 3 is 2.55 bits per heavy atom. The maximum absolute atomic E-state index is 11.0. The highest BCUT2D eigenvalue weighted by Gasteiger charge is 2.17. The van der Waals surface area contributed by atoms with Crippen molar-refractivity contribution in [2.75, 3.05) is 6.61 Å². The van der Waals surface area contributed by atoms with Crippen molar-refractivity contribution in [1.82, 2.24) is 0 Å². The van der Waals surface area contributed by atoms with Gasteiger partial charge in [-0.3, -0.25) is 4.79 Å². The number of fused-ring (bicyclic) bond motifs is 1. The predicted octanol–water partition coefficient (Wildman–Crippen LogP) is 5.80. The second kappa shape index (κ2) is 8.56. The van der Waals surface area contributed by atoms with Crippen molar-refractivity contribution in [2.45, 2.75) is 38.5 Å². The van der Waals surface area contributed by atoms with Crippen molar-refractivity contribution in [1.29, 1.82) is 0 Å². The Morgan fingerprint density at radius 2 is 1.76 bits per heavy atom. The molecule has 1 aliphatic rings. The van der Waals surface area contributed by atoms with Crippen molar-refractivity contribution < 1.29 is 19.7 Å². The molecule has 0 amide bonds. The Kier molecular flexibility index (Phi) is 5.70. The normalized spacial score (nSPS) is 14.3. The van der Waals surface area contributed by atoms with Crippen LogP contribution in [0.25, 0.3) is 21.9 Å². The molecule has 0 bridgehead atoms. The highest BCUT2D eigenvalue weighted by atomic mass is 16.5. The first-order valence-electron chi connectivity index (χ1n) is 10.3. The van der Waals surface area contributed by atoms with Crippen LogP contribution in [0, 0.1) is 5.92 Å². The van der Waals surface area contributed by atoms with E-state index in [-0.39, 0.29) is 12.2 Å². The molecule has 4 heteroatoms. The van der Waals surface area contributed by atoms with E-state index in [1.54, 1.807) is 12.1 Å². The van der Waals surface area contributed by atoms with E-state index in [1.165, 1.54) is 25.7 Å². The van der Waals surface area contributed by atoms with E-state index < -0.39 is 5.97 Å². The molecule has 1 aliphatic carbocycles. The third kappa shape index (κ3) is 4.70. The van der Waals surface area contributed by atoms with Gasteiger partial charge in [-0.15, -0.1) is 0 Å². The van der Waals surface area contributed by atoms with Crippen LogP contribution in [0.2, 0.25) is 0 Å². The number of aromatic hydroxyl groups is 1. The Morgan fingerprint density at radius 1 is 0.966 bits per heavy atom. The summed E-state index contributed by atoms with van der Waals surface area (Å²) in [5, 5.41) is 20.9. The number of benzene rings is 3. The fraction of sp³-hybridized carbons (Fsp3) is 0.320. The lowest BCUT2D eigenvalue weighted by molar-refractivity contribution is -0.136. The molecule has 1 fully saturated rings. The molecular weight excluding hydrogens is 364 g/mol. The van der Waals surface area contributed by atoms with Gasteiger partial charge >= 0.3 is 5.97 Å². The molecule has 3 aromatic rings. The molecule has 29 heavy (non-hydrogen) atoms. The fourth-order valence-electron chi connectivity index (χ4n) is 4.12. The predicted molar refractivity (Wildman–Crippen MR) is 114 cm³/mol. The lowest BCUT2D eigenvalue weighted by atomic mass is 9.97. The zero-order valence-corrected chi connectivity index (χ0v) is 16.4. The van der Waals surface area contributed by atoms with Crippen LogP contribution in [0.1, 0.15) is 37.7 Å². The second-order valence-corrected chi connectivity index (χ2v) is 7.93. The van der Waals surface area contributed by atoms with E-state index >= 15 is 0 Å². The maximum Gasteiger partial charge on any atom is 0.303 e. The molecule has 0 radical (unpaired) electrons. The Labute approximate surface area is 170 Å². The van der Waals surface area contributed by atoms with Gasteiger partial charge in [-0.05, 0) is 77.4 Å². The molecule has 0 unspecified atom stereocenters. The molecule has 0 spiro atoms. The molecule has 3 aromatic carbocycles. The third-order valence-electron chi connectivity index (χ3n) is 5.76. The summed E-state index contributed by atoms with van der Waals surface area (Å²) < 4.78 is 6.23. The topological polar surface area (TPSA) is 66.8 Å². The van der Waals surface area contributed by atoms with Crippen LogP contribution < -0.4 is 4.74 Å². The van der Waals surface area contributed by atoms with Crippen molar-refractivity contribution >= 4 is 16.7 Å². The highest BCUT2D eigenvalue weighted by Crippen LogP contribution is 2.35. The van der Waals surface area contributed by atoms with Gasteiger partial charge in [0.15, 0.2) is 0 Å². The lowest BCUT2D eigenvalue weighted by Crippen LogP contribution is -2.09. The Bertz CT molecular complexity index is 1020. The number of rotatable bonds is 7. The van der Waals surface area contributed by atoms with Crippen LogP contribution in [0.15, 0.2) is 54.6 Å². The van der Waals surface area contributed by atoms with Gasteiger partial charge in [-0.25, -0.2) is 0 Å². The van der Waals surface area contributed by atoms with Gasteiger partial charge in [-0.1, -0.05) is 37.1 Å². The monoisotopic (exact) mass is 390 g/mol. The summed E-state index contributed by atoms with van der Waals surface area (Å²) in [4.78, 5) is 11.0. The molecule has 0 saturated heterocycles. The SMILES string of the molecule is O=C(O)CCc1ccc(OCC2CCCC2)c(-c2ccc3ccc(O)cc3c2)c1. The van der Waals surface area contributed by atoms with Crippen LogP contribution in [0.4, 0.5) is 0 Å². The first-order chi connectivity index (χ1) is 14.1. The standard InChI is InChI=1S/C25H26O4/c26-22-10-9-19-7-8-20(14-21(19)15-22)23-13-17(6-12-25(27)28)5-11-24(23)29-16-18-3-1-2-4-18/h5,7-11,13-15,18,26H,1-4,6,12,16H2,(H,27,28). The molecule has 0 heterocycles. The Hall–Kier alpha value is -3.01. The summed E-state index contributed by atoms with van der Waals surface area (Å²) in [6.45, 7) is 0.718. The van der Waals surface area contributed by atoms with Gasteiger partial charge < -0.3 is 14.9 Å². The maximum atomic E-state index is 11.0. The first kappa shape index (κ1) is 19.3. The van der Waals surface area contributed by atoms with Gasteiger partial charge in [0.1, 0.15) is 11.5 Å². The summed E-state index contributed by atoms with van der Waals surface area (Å²) in [5.74, 6) is 0.885. The van der Waals surface area contributed by atoms with Gasteiger partial charge in [0, 0.05) is 12.0 Å². The van der Waals surface area contributed by atoms with E-state index in [0.29, 0.717) is 12.3 Å². The van der Waals surface area contributed by atoms with Crippen LogP contribution in [-0.4, -0.2) is 22.8 Å². The van der Waals surface area contributed by atoms with Crippen LogP contribution in [0.3, 0.4) is 0 Å². The van der Waals surface area contributed by atoms with E-state index in [2.05, 4.69) is 6.07 Å². The van der Waals surface area contributed by atoms with Gasteiger partial charge in [0.2, 0.25) is 0 Å². The van der Waals surface area contributed by atoms with Crippen LogP contribution in [-0.2, 0) is 11.2 Å². The average molecular weight is 390 g/mol. The molecular formula is C25H26O4. The quantitative estimate of drug-likeness (QED) is 0.535. The fourth-order valence-corrected chi connectivity index (χ4v) is 4.12. The summed E-state index contributed by atoms with van der Waals surface area (Å²) in [6, 6.07) is 17.4. The van der Waals surface area contributed by atoms with Gasteiger partial charge in [0.25, 0.3) is 0 Å². The first-order valence-corrected chi connectivity index (χ1v) is 10.3. The summed E-state index contributed by atoms with van der Waals surface area (Å²) in [7, 11) is 0. The molecule has 2 N–H and O–H groups in total. The second-order valence-electron chi connectivity index (χ2n) is 7.93. The van der Waals surface area contributed by atoms with Crippen LogP contribution in [0.5, 0.6) is 11.5 Å². The number of aryl methyl sites for hydroxylation is 1. The number of phenols is 1. The largest absolute Gasteiger partial charge is 0.508 e. The smallest absolute Gasteiger partial charge is 0.303 e. The minimum absolute atomic E-state index is 0.104.